The summed E-state index contributed by atoms with van der Waals surface area (Å²) >= 11 is 1.59. The normalized spacial score (nSPS) is 18.0. The third kappa shape index (κ3) is 3.93. The van der Waals surface area contributed by atoms with Crippen molar-refractivity contribution in [2.75, 3.05) is 18.0 Å². The van der Waals surface area contributed by atoms with E-state index in [1.807, 2.05) is 19.2 Å². The molecule has 0 radical (unpaired) electrons. The first kappa shape index (κ1) is 16.9. The lowest BCUT2D eigenvalue weighted by molar-refractivity contribution is -0.124. The van der Waals surface area contributed by atoms with Crippen LogP contribution in [0.4, 0.5) is 9.52 Å². The fourth-order valence-corrected chi connectivity index (χ4v) is 3.67. The summed E-state index contributed by atoms with van der Waals surface area (Å²) in [6.45, 7) is 5.55. The van der Waals surface area contributed by atoms with E-state index in [2.05, 4.69) is 10.2 Å². The van der Waals surface area contributed by atoms with Crippen molar-refractivity contribution < 1.29 is 9.18 Å². The van der Waals surface area contributed by atoms with Crippen LogP contribution >= 0.6 is 11.3 Å². The molecule has 1 atom stereocenters. The predicted octanol–water partition coefficient (Wildman–Crippen LogP) is 3.69. The van der Waals surface area contributed by atoms with Gasteiger partial charge in [-0.15, -0.1) is 11.3 Å². The third-order valence-electron chi connectivity index (χ3n) is 4.19. The molecule has 1 unspecified atom stereocenters. The van der Waals surface area contributed by atoms with Crippen LogP contribution in [-0.4, -0.2) is 30.0 Å². The Kier molecular flexibility index (Phi) is 5.14. The van der Waals surface area contributed by atoms with Gasteiger partial charge in [-0.1, -0.05) is 13.8 Å². The van der Waals surface area contributed by atoms with Crippen LogP contribution in [0.15, 0.2) is 29.6 Å². The molecule has 1 aromatic heterocycles. The van der Waals surface area contributed by atoms with Crippen LogP contribution < -0.4 is 10.2 Å². The molecule has 1 aliphatic heterocycles. The van der Waals surface area contributed by atoms with Crippen molar-refractivity contribution in [3.05, 3.63) is 35.5 Å². The maximum absolute atomic E-state index is 13.0. The molecule has 1 amide bonds. The van der Waals surface area contributed by atoms with Gasteiger partial charge in [0.25, 0.3) is 0 Å². The predicted molar refractivity (Wildman–Crippen MR) is 95.7 cm³/mol. The van der Waals surface area contributed by atoms with Gasteiger partial charge in [0.15, 0.2) is 5.13 Å². The van der Waals surface area contributed by atoms with E-state index >= 15 is 0 Å². The zero-order chi connectivity index (χ0) is 17.1. The van der Waals surface area contributed by atoms with Crippen molar-refractivity contribution in [2.24, 2.45) is 5.92 Å². The highest BCUT2D eigenvalue weighted by molar-refractivity contribution is 7.14. The number of nitrogens with one attached hydrogen (secondary N) is 1. The first-order valence-electron chi connectivity index (χ1n) is 8.29. The highest BCUT2D eigenvalue weighted by Crippen LogP contribution is 2.29. The van der Waals surface area contributed by atoms with Crippen LogP contribution in [0.25, 0.3) is 11.3 Å². The molecule has 0 spiro atoms. The van der Waals surface area contributed by atoms with Gasteiger partial charge < -0.3 is 10.2 Å². The van der Waals surface area contributed by atoms with Crippen molar-refractivity contribution in [2.45, 2.75) is 32.7 Å². The zero-order valence-corrected chi connectivity index (χ0v) is 14.8. The summed E-state index contributed by atoms with van der Waals surface area (Å²) in [6.07, 6.45) is 2.04. The summed E-state index contributed by atoms with van der Waals surface area (Å²) in [5.41, 5.74) is 1.78. The van der Waals surface area contributed by atoms with Crippen LogP contribution in [0.3, 0.4) is 0 Å². The van der Waals surface area contributed by atoms with E-state index in [1.54, 1.807) is 23.5 Å². The third-order valence-corrected chi connectivity index (χ3v) is 5.10. The molecular weight excluding hydrogens is 325 g/mol. The van der Waals surface area contributed by atoms with Gasteiger partial charge >= 0.3 is 0 Å². The smallest absolute Gasteiger partial charge is 0.222 e. The molecule has 0 saturated carbocycles. The number of carbonyl (C=O) groups excluding carboxylic acids is 1. The summed E-state index contributed by atoms with van der Waals surface area (Å²) in [4.78, 5) is 18.8. The second-order valence-corrected chi connectivity index (χ2v) is 7.31. The molecule has 6 heteroatoms. The highest BCUT2D eigenvalue weighted by Gasteiger charge is 2.24. The monoisotopic (exact) mass is 347 g/mol. The average molecular weight is 347 g/mol. The van der Waals surface area contributed by atoms with Crippen LogP contribution in [0.2, 0.25) is 0 Å². The Morgan fingerprint density at radius 2 is 2.12 bits per heavy atom. The van der Waals surface area contributed by atoms with E-state index < -0.39 is 0 Å². The molecule has 1 N–H and O–H groups in total. The largest absolute Gasteiger partial charge is 0.351 e. The molecule has 24 heavy (non-hydrogen) atoms. The molecule has 2 heterocycles. The van der Waals surface area contributed by atoms with Crippen LogP contribution in [0.5, 0.6) is 0 Å². The Hall–Kier alpha value is -1.95. The van der Waals surface area contributed by atoms with Gasteiger partial charge in [0.2, 0.25) is 5.91 Å². The van der Waals surface area contributed by atoms with Crippen molar-refractivity contribution in [1.82, 2.24) is 10.3 Å². The molecule has 1 saturated heterocycles. The number of halogens is 1. The molecular formula is C18H22FN3OS. The minimum absolute atomic E-state index is 0.00492. The number of benzene rings is 1. The van der Waals surface area contributed by atoms with Crippen molar-refractivity contribution >= 4 is 22.4 Å². The van der Waals surface area contributed by atoms with E-state index in [0.29, 0.717) is 0 Å². The lowest BCUT2D eigenvalue weighted by Gasteiger charge is -2.33. The number of rotatable bonds is 4. The summed E-state index contributed by atoms with van der Waals surface area (Å²) in [6, 6.07) is 6.57. The summed E-state index contributed by atoms with van der Waals surface area (Å²) in [7, 11) is 0. The number of anilines is 1. The number of piperidine rings is 1. The molecule has 0 aliphatic carbocycles. The van der Waals surface area contributed by atoms with Crippen LogP contribution in [-0.2, 0) is 4.79 Å². The van der Waals surface area contributed by atoms with Crippen LogP contribution in [0.1, 0.15) is 26.7 Å². The Bertz CT molecular complexity index is 699. The topological polar surface area (TPSA) is 45.2 Å². The molecule has 4 nitrogen and oxygen atoms in total. The van der Waals surface area contributed by atoms with Crippen molar-refractivity contribution in [1.29, 1.82) is 0 Å². The number of nitrogens with zero attached hydrogens (tertiary/aromatic N) is 2. The molecule has 128 valence electrons. The molecule has 2 aromatic rings. The van der Waals surface area contributed by atoms with E-state index in [-0.39, 0.29) is 23.7 Å². The summed E-state index contributed by atoms with van der Waals surface area (Å²) < 4.78 is 13.0. The Balaban J connectivity index is 1.68. The van der Waals surface area contributed by atoms with E-state index in [9.17, 15) is 9.18 Å². The number of aromatic nitrogens is 1. The fourth-order valence-electron chi connectivity index (χ4n) is 2.80. The first-order valence-corrected chi connectivity index (χ1v) is 9.17. The molecule has 3 rings (SSSR count). The Morgan fingerprint density at radius 3 is 2.83 bits per heavy atom. The summed E-state index contributed by atoms with van der Waals surface area (Å²) in [5.74, 6) is -0.132. The van der Waals surface area contributed by atoms with Gasteiger partial charge in [-0.25, -0.2) is 9.37 Å². The number of hydrogen-bond acceptors (Lipinski definition) is 4. The number of thiazole rings is 1. The maximum atomic E-state index is 13.0. The Morgan fingerprint density at radius 1 is 1.38 bits per heavy atom. The molecule has 0 bridgehead atoms. The number of carbonyl (C=O) groups is 1. The van der Waals surface area contributed by atoms with Gasteiger partial charge in [-0.2, -0.15) is 0 Å². The minimum Gasteiger partial charge on any atom is -0.351 e. The van der Waals surface area contributed by atoms with E-state index in [0.717, 1.165) is 42.3 Å². The highest BCUT2D eigenvalue weighted by atomic mass is 32.1. The van der Waals surface area contributed by atoms with Crippen molar-refractivity contribution in [3.8, 4) is 11.3 Å². The summed E-state index contributed by atoms with van der Waals surface area (Å²) in [5, 5.41) is 6.07. The van der Waals surface area contributed by atoms with Crippen LogP contribution in [0, 0.1) is 11.7 Å². The van der Waals surface area contributed by atoms with E-state index in [1.165, 1.54) is 12.1 Å². The second-order valence-electron chi connectivity index (χ2n) is 6.47. The zero-order valence-electron chi connectivity index (χ0n) is 14.0. The maximum Gasteiger partial charge on any atom is 0.222 e. The number of hydrogen-bond donors (Lipinski definition) is 1. The number of amides is 1. The minimum atomic E-state index is -0.242. The fraction of sp³-hybridized carbons (Fsp3) is 0.444. The van der Waals surface area contributed by atoms with Gasteiger partial charge in [-0.05, 0) is 37.1 Å². The quantitative estimate of drug-likeness (QED) is 0.917. The Labute approximate surface area is 145 Å². The van der Waals surface area contributed by atoms with E-state index in [4.69, 9.17) is 4.98 Å². The SMILES string of the molecule is CC(C)C(=O)NC1CCCN(c2nc(-c3ccc(F)cc3)cs2)C1. The molecule has 1 fully saturated rings. The molecule has 1 aromatic carbocycles. The van der Waals surface area contributed by atoms with Gasteiger partial charge in [0.05, 0.1) is 5.69 Å². The van der Waals surface area contributed by atoms with Crippen molar-refractivity contribution in [3.63, 3.8) is 0 Å². The van der Waals surface area contributed by atoms with Gasteiger partial charge in [0.1, 0.15) is 5.82 Å². The van der Waals surface area contributed by atoms with Gasteiger partial charge in [0, 0.05) is 36.0 Å². The average Bonchev–Trinajstić information content (AvgIpc) is 3.05. The van der Waals surface area contributed by atoms with Gasteiger partial charge in [-0.3, -0.25) is 4.79 Å². The lowest BCUT2D eigenvalue weighted by Crippen LogP contribution is -2.48. The molecule has 1 aliphatic rings. The first-order chi connectivity index (χ1) is 11.5. The standard InChI is InChI=1S/C18H22FN3OS/c1-12(2)17(23)20-15-4-3-9-22(10-15)18-21-16(11-24-18)13-5-7-14(19)8-6-13/h5-8,11-12,15H,3-4,9-10H2,1-2H3,(H,20,23). The second kappa shape index (κ2) is 7.30. The lowest BCUT2D eigenvalue weighted by atomic mass is 10.1.